The van der Waals surface area contributed by atoms with E-state index in [0.717, 1.165) is 6.42 Å². The number of carbonyl (C=O) groups is 2. The lowest BCUT2D eigenvalue weighted by atomic mass is 9.88. The number of hydrogen-bond acceptors (Lipinski definition) is 5. The van der Waals surface area contributed by atoms with E-state index in [2.05, 4.69) is 0 Å². The van der Waals surface area contributed by atoms with Crippen LogP contribution in [-0.4, -0.2) is 36.4 Å². The highest BCUT2D eigenvalue weighted by Crippen LogP contribution is 2.47. The normalized spacial score (nSPS) is 43.6. The van der Waals surface area contributed by atoms with Gasteiger partial charge in [0, 0.05) is 0 Å². The number of hydrogen-bond donors (Lipinski definition) is 0. The SMILES string of the molecule is CCC(C)C(=O)O[C@H]1C2CC3C(=O)OC1C3O2. The third-order valence-electron chi connectivity index (χ3n) is 4.05. The summed E-state index contributed by atoms with van der Waals surface area (Å²) >= 11 is 0. The average molecular weight is 240 g/mol. The first kappa shape index (κ1) is 11.0. The van der Waals surface area contributed by atoms with Crippen LogP contribution in [0.1, 0.15) is 26.7 Å². The van der Waals surface area contributed by atoms with E-state index < -0.39 is 6.10 Å². The Morgan fingerprint density at radius 3 is 3.00 bits per heavy atom. The van der Waals surface area contributed by atoms with Gasteiger partial charge in [0.25, 0.3) is 0 Å². The largest absolute Gasteiger partial charge is 0.455 e. The number of fused-ring (bicyclic) bond motifs is 1. The van der Waals surface area contributed by atoms with E-state index >= 15 is 0 Å². The summed E-state index contributed by atoms with van der Waals surface area (Å²) in [6, 6.07) is 0. The molecule has 6 atom stereocenters. The highest BCUT2D eigenvalue weighted by molar-refractivity contribution is 5.78. The standard InChI is InChI=1S/C12H16O5/c1-3-5(2)11(13)16-9-7-4-6-8(15-7)10(9)17-12(6)14/h5-10H,3-4H2,1-2H3/t5?,6?,7?,8?,9-,10?/m0/s1. The summed E-state index contributed by atoms with van der Waals surface area (Å²) < 4.78 is 16.3. The molecular formula is C12H16O5. The summed E-state index contributed by atoms with van der Waals surface area (Å²) in [5, 5.41) is 0. The van der Waals surface area contributed by atoms with E-state index in [-0.39, 0.29) is 42.1 Å². The van der Waals surface area contributed by atoms with Crippen LogP contribution < -0.4 is 0 Å². The van der Waals surface area contributed by atoms with Gasteiger partial charge in [-0.1, -0.05) is 13.8 Å². The molecule has 3 aliphatic rings. The van der Waals surface area contributed by atoms with Crippen LogP contribution in [-0.2, 0) is 23.8 Å². The molecule has 5 nitrogen and oxygen atoms in total. The van der Waals surface area contributed by atoms with Gasteiger partial charge >= 0.3 is 11.9 Å². The zero-order chi connectivity index (χ0) is 12.2. The van der Waals surface area contributed by atoms with Crippen LogP contribution in [0, 0.1) is 11.8 Å². The third-order valence-corrected chi connectivity index (χ3v) is 4.05. The minimum Gasteiger partial charge on any atom is -0.455 e. The molecule has 0 saturated carbocycles. The van der Waals surface area contributed by atoms with Crippen LogP contribution in [0.2, 0.25) is 0 Å². The Kier molecular flexibility index (Phi) is 2.40. The smallest absolute Gasteiger partial charge is 0.312 e. The van der Waals surface area contributed by atoms with E-state index in [1.54, 1.807) is 0 Å². The van der Waals surface area contributed by atoms with Crippen LogP contribution in [0.15, 0.2) is 0 Å². The van der Waals surface area contributed by atoms with E-state index in [1.165, 1.54) is 0 Å². The molecule has 5 unspecified atom stereocenters. The molecule has 3 saturated heterocycles. The molecule has 0 amide bonds. The van der Waals surface area contributed by atoms with Crippen molar-refractivity contribution in [2.45, 2.75) is 51.1 Å². The van der Waals surface area contributed by atoms with Crippen molar-refractivity contribution in [1.29, 1.82) is 0 Å². The molecule has 17 heavy (non-hydrogen) atoms. The Labute approximate surface area is 99.4 Å². The Balaban J connectivity index is 1.70. The summed E-state index contributed by atoms with van der Waals surface area (Å²) in [7, 11) is 0. The summed E-state index contributed by atoms with van der Waals surface area (Å²) in [6.45, 7) is 3.77. The molecule has 0 spiro atoms. The molecule has 3 fully saturated rings. The molecule has 3 aliphatic heterocycles. The summed E-state index contributed by atoms with van der Waals surface area (Å²) in [4.78, 5) is 23.2. The molecule has 3 heterocycles. The number of esters is 2. The van der Waals surface area contributed by atoms with Crippen LogP contribution in [0.3, 0.4) is 0 Å². The van der Waals surface area contributed by atoms with E-state index in [4.69, 9.17) is 14.2 Å². The van der Waals surface area contributed by atoms with Crippen molar-refractivity contribution in [1.82, 2.24) is 0 Å². The average Bonchev–Trinajstić information content (AvgIpc) is 2.92. The molecule has 3 rings (SSSR count). The number of carbonyl (C=O) groups excluding carboxylic acids is 2. The Bertz CT molecular complexity index is 366. The van der Waals surface area contributed by atoms with Gasteiger partial charge in [-0.2, -0.15) is 0 Å². The minimum atomic E-state index is -0.399. The molecule has 0 aromatic carbocycles. The zero-order valence-electron chi connectivity index (χ0n) is 9.92. The van der Waals surface area contributed by atoms with Crippen molar-refractivity contribution in [2.24, 2.45) is 11.8 Å². The van der Waals surface area contributed by atoms with Crippen LogP contribution in [0.4, 0.5) is 0 Å². The van der Waals surface area contributed by atoms with E-state index in [1.807, 2.05) is 13.8 Å². The minimum absolute atomic E-state index is 0.123. The Morgan fingerprint density at radius 1 is 1.53 bits per heavy atom. The fourth-order valence-electron chi connectivity index (χ4n) is 2.80. The van der Waals surface area contributed by atoms with Gasteiger partial charge in [0.2, 0.25) is 0 Å². The summed E-state index contributed by atoms with van der Waals surface area (Å²) in [5.41, 5.74) is 0. The Hall–Kier alpha value is -1.10. The van der Waals surface area contributed by atoms with Gasteiger partial charge in [0.1, 0.15) is 6.10 Å². The molecule has 0 aromatic rings. The van der Waals surface area contributed by atoms with Crippen molar-refractivity contribution in [3.8, 4) is 0 Å². The van der Waals surface area contributed by atoms with Crippen molar-refractivity contribution in [3.05, 3.63) is 0 Å². The van der Waals surface area contributed by atoms with Crippen molar-refractivity contribution in [3.63, 3.8) is 0 Å². The number of rotatable bonds is 3. The lowest BCUT2D eigenvalue weighted by molar-refractivity contribution is -0.164. The molecule has 0 N–H and O–H groups in total. The molecular weight excluding hydrogens is 224 g/mol. The summed E-state index contributed by atoms with van der Waals surface area (Å²) in [6.07, 6.45) is 0.242. The quantitative estimate of drug-likeness (QED) is 0.678. The van der Waals surface area contributed by atoms with Gasteiger partial charge in [0.05, 0.1) is 17.9 Å². The lowest BCUT2D eigenvalue weighted by Gasteiger charge is -2.23. The third kappa shape index (κ3) is 1.48. The fourth-order valence-corrected chi connectivity index (χ4v) is 2.80. The topological polar surface area (TPSA) is 61.8 Å². The van der Waals surface area contributed by atoms with Crippen LogP contribution in [0.25, 0.3) is 0 Å². The van der Waals surface area contributed by atoms with Crippen LogP contribution >= 0.6 is 0 Å². The highest BCUT2D eigenvalue weighted by atomic mass is 16.7. The monoisotopic (exact) mass is 240 g/mol. The van der Waals surface area contributed by atoms with Crippen molar-refractivity contribution < 1.29 is 23.8 Å². The second-order valence-corrected chi connectivity index (χ2v) is 5.09. The lowest BCUT2D eigenvalue weighted by Crippen LogP contribution is -2.40. The van der Waals surface area contributed by atoms with Crippen molar-refractivity contribution >= 4 is 11.9 Å². The molecule has 2 bridgehead atoms. The zero-order valence-corrected chi connectivity index (χ0v) is 9.92. The highest BCUT2D eigenvalue weighted by Gasteiger charge is 2.65. The second kappa shape index (κ2) is 3.70. The van der Waals surface area contributed by atoms with Gasteiger partial charge in [-0.15, -0.1) is 0 Å². The van der Waals surface area contributed by atoms with Gasteiger partial charge in [0.15, 0.2) is 12.2 Å². The Morgan fingerprint density at radius 2 is 2.29 bits per heavy atom. The maximum atomic E-state index is 11.7. The maximum absolute atomic E-state index is 11.7. The number of ether oxygens (including phenoxy) is 3. The maximum Gasteiger partial charge on any atom is 0.312 e. The predicted molar refractivity (Wildman–Crippen MR) is 56.0 cm³/mol. The first-order valence-electron chi connectivity index (χ1n) is 6.18. The molecule has 0 radical (unpaired) electrons. The van der Waals surface area contributed by atoms with E-state index in [0.29, 0.717) is 6.42 Å². The first-order valence-corrected chi connectivity index (χ1v) is 6.18. The van der Waals surface area contributed by atoms with Gasteiger partial charge in [-0.05, 0) is 12.8 Å². The second-order valence-electron chi connectivity index (χ2n) is 5.09. The van der Waals surface area contributed by atoms with Gasteiger partial charge in [-0.25, -0.2) is 0 Å². The predicted octanol–water partition coefficient (Wildman–Crippen LogP) is 0.657. The summed E-state index contributed by atoms with van der Waals surface area (Å²) in [5.74, 6) is -0.691. The molecule has 0 aliphatic carbocycles. The van der Waals surface area contributed by atoms with Crippen molar-refractivity contribution in [2.75, 3.05) is 0 Å². The van der Waals surface area contributed by atoms with E-state index in [9.17, 15) is 9.59 Å². The first-order chi connectivity index (χ1) is 8.11. The fraction of sp³-hybridized carbons (Fsp3) is 0.833. The van der Waals surface area contributed by atoms with Crippen LogP contribution in [0.5, 0.6) is 0 Å². The molecule has 0 aromatic heterocycles. The molecule has 5 heteroatoms. The molecule has 94 valence electrons. The van der Waals surface area contributed by atoms with Gasteiger partial charge in [-0.3, -0.25) is 9.59 Å². The van der Waals surface area contributed by atoms with Gasteiger partial charge < -0.3 is 14.2 Å².